The third-order valence-corrected chi connectivity index (χ3v) is 6.76. The Kier molecular flexibility index (Phi) is 6.19. The molecule has 0 radical (unpaired) electrons. The molecule has 1 N–H and O–H groups in total. The molecule has 132 valence electrons. The standard InChI is InChI=1S/C15H20ClN3O3S2/c1-11-9-14(24(21,22)19-7-5-17-15(19)20)13(10-12(11)16)23-8-4-6-18(2)3/h5,7,9-10H,4,6,8H2,1-3H3,(H,17,20). The lowest BCUT2D eigenvalue weighted by Crippen LogP contribution is -2.25. The van der Waals surface area contributed by atoms with E-state index >= 15 is 0 Å². The summed E-state index contributed by atoms with van der Waals surface area (Å²) in [6.07, 6.45) is 3.42. The molecule has 9 heteroatoms. The number of imidazole rings is 1. The van der Waals surface area contributed by atoms with Gasteiger partial charge in [0.2, 0.25) is 0 Å². The van der Waals surface area contributed by atoms with E-state index in [-0.39, 0.29) is 4.90 Å². The maximum absolute atomic E-state index is 12.8. The lowest BCUT2D eigenvalue weighted by atomic mass is 10.2. The molecule has 0 amide bonds. The summed E-state index contributed by atoms with van der Waals surface area (Å²) in [6.45, 7) is 2.65. The molecule has 1 aromatic carbocycles. The summed E-state index contributed by atoms with van der Waals surface area (Å²) in [7, 11) is 0.00876. The summed E-state index contributed by atoms with van der Waals surface area (Å²) in [5.41, 5.74) is -0.0392. The van der Waals surface area contributed by atoms with Gasteiger partial charge >= 0.3 is 5.69 Å². The van der Waals surface area contributed by atoms with E-state index in [1.54, 1.807) is 13.0 Å². The minimum Gasteiger partial charge on any atom is -0.312 e. The Morgan fingerprint density at radius 2 is 2.04 bits per heavy atom. The highest BCUT2D eigenvalue weighted by Crippen LogP contribution is 2.33. The zero-order valence-electron chi connectivity index (χ0n) is 13.7. The Hall–Kier alpha value is -1.22. The maximum atomic E-state index is 12.8. The first-order valence-electron chi connectivity index (χ1n) is 7.33. The Labute approximate surface area is 150 Å². The van der Waals surface area contributed by atoms with Gasteiger partial charge in [-0.3, -0.25) is 0 Å². The second-order valence-corrected chi connectivity index (χ2v) is 8.95. The SMILES string of the molecule is Cc1cc(S(=O)(=O)n2cc[nH]c2=O)c(SCCCN(C)C)cc1Cl. The van der Waals surface area contributed by atoms with Crippen LogP contribution in [0.25, 0.3) is 0 Å². The number of thioether (sulfide) groups is 1. The van der Waals surface area contributed by atoms with Gasteiger partial charge < -0.3 is 9.88 Å². The lowest BCUT2D eigenvalue weighted by molar-refractivity contribution is 0.410. The van der Waals surface area contributed by atoms with Gasteiger partial charge in [-0.15, -0.1) is 11.8 Å². The highest BCUT2D eigenvalue weighted by atomic mass is 35.5. The van der Waals surface area contributed by atoms with E-state index in [9.17, 15) is 13.2 Å². The smallest absolute Gasteiger partial charge is 0.312 e. The van der Waals surface area contributed by atoms with Gasteiger partial charge in [0.25, 0.3) is 10.0 Å². The molecule has 24 heavy (non-hydrogen) atoms. The summed E-state index contributed by atoms with van der Waals surface area (Å²) >= 11 is 7.59. The zero-order chi connectivity index (χ0) is 17.9. The number of nitrogens with one attached hydrogen (secondary N) is 1. The van der Waals surface area contributed by atoms with Crippen LogP contribution in [0.3, 0.4) is 0 Å². The lowest BCUT2D eigenvalue weighted by Gasteiger charge is -2.13. The number of hydrogen-bond donors (Lipinski definition) is 1. The van der Waals surface area contributed by atoms with Gasteiger partial charge in [0.05, 0.1) is 0 Å². The van der Waals surface area contributed by atoms with Crippen molar-refractivity contribution in [3.63, 3.8) is 0 Å². The maximum Gasteiger partial charge on any atom is 0.339 e. The first-order valence-corrected chi connectivity index (χ1v) is 10.1. The normalized spacial score (nSPS) is 12.0. The number of hydrogen-bond acceptors (Lipinski definition) is 5. The van der Waals surface area contributed by atoms with Gasteiger partial charge in [0.1, 0.15) is 4.90 Å². The number of aromatic nitrogens is 2. The summed E-state index contributed by atoms with van der Waals surface area (Å²) < 4.78 is 26.3. The Morgan fingerprint density at radius 3 is 2.62 bits per heavy atom. The molecule has 0 bridgehead atoms. The van der Waals surface area contributed by atoms with Crippen LogP contribution in [0.1, 0.15) is 12.0 Å². The molecule has 0 unspecified atom stereocenters. The number of benzene rings is 1. The molecule has 6 nitrogen and oxygen atoms in total. The molecule has 0 aliphatic heterocycles. The van der Waals surface area contributed by atoms with E-state index in [4.69, 9.17) is 11.6 Å². The van der Waals surface area contributed by atoms with Crippen molar-refractivity contribution in [1.29, 1.82) is 0 Å². The highest BCUT2D eigenvalue weighted by molar-refractivity contribution is 8.00. The monoisotopic (exact) mass is 389 g/mol. The number of rotatable bonds is 7. The van der Waals surface area contributed by atoms with Gasteiger partial charge in [-0.1, -0.05) is 11.6 Å². The minimum atomic E-state index is -3.97. The van der Waals surface area contributed by atoms with Crippen molar-refractivity contribution in [3.05, 3.63) is 45.6 Å². The predicted molar refractivity (Wildman–Crippen MR) is 97.7 cm³/mol. The molecule has 0 atom stereocenters. The molecular formula is C15H20ClN3O3S2. The van der Waals surface area contributed by atoms with Gasteiger partial charge in [0.15, 0.2) is 0 Å². The molecule has 1 heterocycles. The fourth-order valence-corrected chi connectivity index (χ4v) is 5.08. The molecule has 1 aromatic heterocycles. The summed E-state index contributed by atoms with van der Waals surface area (Å²) in [5.74, 6) is 0.752. The van der Waals surface area contributed by atoms with Gasteiger partial charge in [-0.2, -0.15) is 3.97 Å². The number of aromatic amines is 1. The zero-order valence-corrected chi connectivity index (χ0v) is 16.1. The van der Waals surface area contributed by atoms with Crippen molar-refractivity contribution in [2.45, 2.75) is 23.1 Å². The third-order valence-electron chi connectivity index (χ3n) is 3.39. The van der Waals surface area contributed by atoms with Gasteiger partial charge in [0, 0.05) is 22.3 Å². The number of aryl methyl sites for hydroxylation is 1. The second-order valence-electron chi connectivity index (χ2n) is 5.62. The first-order chi connectivity index (χ1) is 11.2. The van der Waals surface area contributed by atoms with Gasteiger partial charge in [-0.25, -0.2) is 13.2 Å². The number of H-pyrrole nitrogens is 1. The molecule has 0 fully saturated rings. The minimum absolute atomic E-state index is 0.0981. The molecule has 0 aliphatic carbocycles. The number of nitrogens with zero attached hydrogens (tertiary/aromatic N) is 2. The van der Waals surface area contributed by atoms with Crippen LogP contribution < -0.4 is 5.69 Å². The highest BCUT2D eigenvalue weighted by Gasteiger charge is 2.24. The topological polar surface area (TPSA) is 75.2 Å². The van der Waals surface area contributed by atoms with E-state index in [0.717, 1.165) is 18.7 Å². The van der Waals surface area contributed by atoms with Crippen LogP contribution in [-0.2, 0) is 10.0 Å². The predicted octanol–water partition coefficient (Wildman–Crippen LogP) is 2.42. The van der Waals surface area contributed by atoms with Crippen LogP contribution in [0.5, 0.6) is 0 Å². The van der Waals surface area contributed by atoms with Crippen molar-refractivity contribution in [3.8, 4) is 0 Å². The second kappa shape index (κ2) is 7.77. The number of halogens is 1. The molecule has 0 saturated heterocycles. The summed E-state index contributed by atoms with van der Waals surface area (Å²) in [5, 5.41) is 0.505. The van der Waals surface area contributed by atoms with E-state index < -0.39 is 15.7 Å². The largest absolute Gasteiger partial charge is 0.339 e. The van der Waals surface area contributed by atoms with E-state index in [0.29, 0.717) is 19.5 Å². The van der Waals surface area contributed by atoms with Crippen LogP contribution >= 0.6 is 23.4 Å². The fraction of sp³-hybridized carbons (Fsp3) is 0.400. The molecule has 2 rings (SSSR count). The van der Waals surface area contributed by atoms with E-state index in [1.165, 1.54) is 30.2 Å². The third kappa shape index (κ3) is 4.24. The molecule has 0 saturated carbocycles. The van der Waals surface area contributed by atoms with Crippen LogP contribution in [0.15, 0.2) is 39.1 Å². The molecular weight excluding hydrogens is 370 g/mol. The first kappa shape index (κ1) is 19.1. The van der Waals surface area contributed by atoms with Crippen LogP contribution in [0.2, 0.25) is 5.02 Å². The summed E-state index contributed by atoms with van der Waals surface area (Å²) in [6, 6.07) is 3.17. The Morgan fingerprint density at radius 1 is 1.33 bits per heavy atom. The molecule has 0 aliphatic rings. The van der Waals surface area contributed by atoms with Crippen LogP contribution in [-0.4, -0.2) is 48.7 Å². The Balaban J connectivity index is 2.40. The average molecular weight is 390 g/mol. The van der Waals surface area contributed by atoms with Gasteiger partial charge in [-0.05, 0) is 57.4 Å². The van der Waals surface area contributed by atoms with Crippen LogP contribution in [0, 0.1) is 6.92 Å². The quantitative estimate of drug-likeness (QED) is 0.581. The summed E-state index contributed by atoms with van der Waals surface area (Å²) in [4.78, 5) is 16.8. The molecule has 2 aromatic rings. The average Bonchev–Trinajstić information content (AvgIpc) is 2.93. The van der Waals surface area contributed by atoms with Crippen molar-refractivity contribution in [2.24, 2.45) is 0 Å². The fourth-order valence-electron chi connectivity index (χ4n) is 2.12. The van der Waals surface area contributed by atoms with E-state index in [2.05, 4.69) is 9.88 Å². The Bertz CT molecular complexity index is 872. The van der Waals surface area contributed by atoms with Crippen molar-refractivity contribution >= 4 is 33.4 Å². The van der Waals surface area contributed by atoms with Crippen molar-refractivity contribution in [1.82, 2.24) is 13.9 Å². The van der Waals surface area contributed by atoms with E-state index in [1.807, 2.05) is 14.1 Å². The molecule has 0 spiro atoms. The van der Waals surface area contributed by atoms with Crippen molar-refractivity contribution < 1.29 is 8.42 Å². The van der Waals surface area contributed by atoms with Crippen molar-refractivity contribution in [2.75, 3.05) is 26.4 Å². The van der Waals surface area contributed by atoms with Crippen LogP contribution in [0.4, 0.5) is 0 Å².